The number of carboxylic acids is 1. The van der Waals surface area contributed by atoms with E-state index < -0.39 is 47.7 Å². The van der Waals surface area contributed by atoms with Crippen molar-refractivity contribution >= 4 is 17.9 Å². The zero-order valence-corrected chi connectivity index (χ0v) is 15.6. The largest absolute Gasteiger partial charge is 0.481 e. The van der Waals surface area contributed by atoms with Gasteiger partial charge in [-0.25, -0.2) is 14.2 Å². The molecule has 0 bridgehead atoms. The van der Waals surface area contributed by atoms with Crippen LogP contribution in [0.2, 0.25) is 0 Å². The Bertz CT molecular complexity index is 749. The molecule has 1 saturated heterocycles. The third-order valence-corrected chi connectivity index (χ3v) is 3.97. The molecule has 0 spiro atoms. The zero-order valence-electron chi connectivity index (χ0n) is 15.6. The van der Waals surface area contributed by atoms with Gasteiger partial charge in [0.15, 0.2) is 11.6 Å². The summed E-state index contributed by atoms with van der Waals surface area (Å²) in [6.45, 7) is 5.01. The second kappa shape index (κ2) is 7.80. The van der Waals surface area contributed by atoms with Crippen LogP contribution < -0.4 is 4.90 Å². The summed E-state index contributed by atoms with van der Waals surface area (Å²) in [7, 11) is 0. The molecule has 0 radical (unpaired) electrons. The Morgan fingerprint density at radius 1 is 1.29 bits per heavy atom. The summed E-state index contributed by atoms with van der Waals surface area (Å²) in [4.78, 5) is 29.5. The predicted octanol–water partition coefficient (Wildman–Crippen LogP) is 3.14. The maximum atomic E-state index is 14.3. The molecule has 0 saturated carbocycles. The summed E-state index contributed by atoms with van der Waals surface area (Å²) in [6, 6.07) is -0.557. The van der Waals surface area contributed by atoms with E-state index in [2.05, 4.69) is 4.98 Å². The van der Waals surface area contributed by atoms with Gasteiger partial charge in [0.25, 0.3) is 0 Å². The molecule has 7 nitrogen and oxygen atoms in total. The van der Waals surface area contributed by atoms with Crippen LogP contribution in [0, 0.1) is 5.82 Å². The smallest absolute Gasteiger partial charge is 0.417 e. The third-order valence-electron chi connectivity index (χ3n) is 3.97. The number of aliphatic carboxylic acids is 1. The van der Waals surface area contributed by atoms with E-state index in [-0.39, 0.29) is 25.5 Å². The van der Waals surface area contributed by atoms with Crippen molar-refractivity contribution in [3.63, 3.8) is 0 Å². The molecule has 1 aromatic heterocycles. The van der Waals surface area contributed by atoms with Gasteiger partial charge in [0.2, 0.25) is 0 Å². The van der Waals surface area contributed by atoms with Crippen molar-refractivity contribution in [1.82, 2.24) is 9.88 Å². The van der Waals surface area contributed by atoms with Crippen molar-refractivity contribution in [1.29, 1.82) is 0 Å². The van der Waals surface area contributed by atoms with Crippen LogP contribution in [-0.4, -0.2) is 58.3 Å². The minimum atomic E-state index is -4.75. The minimum Gasteiger partial charge on any atom is -0.481 e. The van der Waals surface area contributed by atoms with E-state index in [4.69, 9.17) is 9.84 Å². The van der Waals surface area contributed by atoms with Crippen LogP contribution in [0.1, 0.15) is 32.8 Å². The molecule has 156 valence electrons. The molecule has 1 atom stereocenters. The Morgan fingerprint density at radius 2 is 1.93 bits per heavy atom. The highest BCUT2D eigenvalue weighted by Gasteiger charge is 2.37. The summed E-state index contributed by atoms with van der Waals surface area (Å²) in [5.74, 6) is -2.80. The number of piperazine rings is 1. The van der Waals surface area contributed by atoms with Crippen molar-refractivity contribution in [2.45, 2.75) is 45.0 Å². The molecule has 0 aliphatic carbocycles. The lowest BCUT2D eigenvalue weighted by atomic mass is 10.1. The first kappa shape index (κ1) is 21.7. The van der Waals surface area contributed by atoms with Crippen LogP contribution in [-0.2, 0) is 15.7 Å². The molecule has 28 heavy (non-hydrogen) atoms. The SMILES string of the molecule is CC(C)(C)OC(=O)N1CCN(c2ncc(C(F)(F)F)cc2F)C(CC(=O)O)C1. The molecule has 0 aromatic carbocycles. The molecule has 2 rings (SSSR count). The van der Waals surface area contributed by atoms with Crippen molar-refractivity contribution in [2.24, 2.45) is 0 Å². The van der Waals surface area contributed by atoms with Crippen molar-refractivity contribution < 1.29 is 37.0 Å². The van der Waals surface area contributed by atoms with Gasteiger partial charge in [-0.1, -0.05) is 0 Å². The number of halogens is 4. The molecule has 2 heterocycles. The number of alkyl halides is 3. The highest BCUT2D eigenvalue weighted by atomic mass is 19.4. The standard InChI is InChI=1S/C17H21F4N3O4/c1-16(2,3)28-15(27)23-4-5-24(11(9-23)7-13(25)26)14-12(18)6-10(8-22-14)17(19,20)21/h6,8,11H,4-5,7,9H2,1-3H3,(H,25,26). The minimum absolute atomic E-state index is 0.00747. The molecule has 1 N–H and O–H groups in total. The molecular weight excluding hydrogens is 386 g/mol. The van der Waals surface area contributed by atoms with Crippen LogP contribution in [0.25, 0.3) is 0 Å². The summed E-state index contributed by atoms with van der Waals surface area (Å²) in [5.41, 5.74) is -1.99. The fourth-order valence-electron chi connectivity index (χ4n) is 2.80. The fraction of sp³-hybridized carbons (Fsp3) is 0.588. The maximum absolute atomic E-state index is 14.3. The Balaban J connectivity index is 2.25. The van der Waals surface area contributed by atoms with Crippen molar-refractivity contribution in [3.8, 4) is 0 Å². The van der Waals surface area contributed by atoms with E-state index in [1.807, 2.05) is 0 Å². The lowest BCUT2D eigenvalue weighted by Crippen LogP contribution is -2.56. The van der Waals surface area contributed by atoms with Crippen LogP contribution in [0.5, 0.6) is 0 Å². The average Bonchev–Trinajstić information content (AvgIpc) is 2.52. The van der Waals surface area contributed by atoms with Crippen molar-refractivity contribution in [2.75, 3.05) is 24.5 Å². The molecule has 1 fully saturated rings. The Kier molecular flexibility index (Phi) is 6.05. The number of aromatic nitrogens is 1. The molecule has 11 heteroatoms. The lowest BCUT2D eigenvalue weighted by Gasteiger charge is -2.41. The van der Waals surface area contributed by atoms with Gasteiger partial charge in [-0.2, -0.15) is 13.2 Å². The molecule has 1 aliphatic rings. The number of carbonyl (C=O) groups is 2. The zero-order chi connectivity index (χ0) is 21.3. The quantitative estimate of drug-likeness (QED) is 0.776. The first-order valence-electron chi connectivity index (χ1n) is 8.47. The van der Waals surface area contributed by atoms with Gasteiger partial charge in [0, 0.05) is 25.8 Å². The summed E-state index contributed by atoms with van der Waals surface area (Å²) < 4.78 is 57.7. The lowest BCUT2D eigenvalue weighted by molar-refractivity contribution is -0.138. The van der Waals surface area contributed by atoms with Gasteiger partial charge in [0.1, 0.15) is 5.60 Å². The van der Waals surface area contributed by atoms with Crippen LogP contribution >= 0.6 is 0 Å². The van der Waals surface area contributed by atoms with Gasteiger partial charge in [-0.05, 0) is 26.8 Å². The number of nitrogens with zero attached hydrogens (tertiary/aromatic N) is 3. The number of ether oxygens (including phenoxy) is 1. The summed E-state index contributed by atoms with van der Waals surface area (Å²) in [5, 5.41) is 9.14. The topological polar surface area (TPSA) is 83.0 Å². The molecule has 1 aromatic rings. The van der Waals surface area contributed by atoms with Gasteiger partial charge in [-0.3, -0.25) is 4.79 Å². The van der Waals surface area contributed by atoms with Crippen LogP contribution in [0.3, 0.4) is 0 Å². The number of hydrogen-bond acceptors (Lipinski definition) is 5. The van der Waals surface area contributed by atoms with E-state index in [1.165, 1.54) is 9.80 Å². The van der Waals surface area contributed by atoms with Crippen LogP contribution in [0.4, 0.5) is 28.2 Å². The first-order chi connectivity index (χ1) is 12.8. The normalized spacial score (nSPS) is 18.2. The van der Waals surface area contributed by atoms with Gasteiger partial charge < -0.3 is 19.6 Å². The second-order valence-corrected chi connectivity index (χ2v) is 7.40. The van der Waals surface area contributed by atoms with E-state index in [0.717, 1.165) is 0 Å². The summed E-state index contributed by atoms with van der Waals surface area (Å²) in [6.07, 6.45) is -5.36. The van der Waals surface area contributed by atoms with Crippen LogP contribution in [0.15, 0.2) is 12.3 Å². The van der Waals surface area contributed by atoms with Gasteiger partial charge in [-0.15, -0.1) is 0 Å². The van der Waals surface area contributed by atoms with Gasteiger partial charge in [0.05, 0.1) is 18.0 Å². The highest BCUT2D eigenvalue weighted by Crippen LogP contribution is 2.32. The fourth-order valence-corrected chi connectivity index (χ4v) is 2.80. The van der Waals surface area contributed by atoms with E-state index in [0.29, 0.717) is 12.3 Å². The number of hydrogen-bond donors (Lipinski definition) is 1. The number of pyridine rings is 1. The number of carboxylic acid groups (broad SMARTS) is 1. The molecule has 1 unspecified atom stereocenters. The number of carbonyl (C=O) groups excluding carboxylic acids is 1. The molecular formula is C17H21F4N3O4. The Morgan fingerprint density at radius 3 is 2.43 bits per heavy atom. The first-order valence-corrected chi connectivity index (χ1v) is 8.47. The monoisotopic (exact) mass is 407 g/mol. The van der Waals surface area contributed by atoms with E-state index >= 15 is 0 Å². The molecule has 1 amide bonds. The number of rotatable bonds is 3. The highest BCUT2D eigenvalue weighted by molar-refractivity contribution is 5.71. The van der Waals surface area contributed by atoms with Gasteiger partial charge >= 0.3 is 18.2 Å². The van der Waals surface area contributed by atoms with Crippen molar-refractivity contribution in [3.05, 3.63) is 23.6 Å². The molecule has 1 aliphatic heterocycles. The maximum Gasteiger partial charge on any atom is 0.417 e. The van der Waals surface area contributed by atoms with E-state index in [9.17, 15) is 27.2 Å². The predicted molar refractivity (Wildman–Crippen MR) is 90.4 cm³/mol. The third kappa shape index (κ3) is 5.46. The average molecular weight is 407 g/mol. The number of anilines is 1. The Hall–Kier alpha value is -2.59. The summed E-state index contributed by atoms with van der Waals surface area (Å²) >= 11 is 0. The number of amides is 1. The Labute approximate surface area is 158 Å². The second-order valence-electron chi connectivity index (χ2n) is 7.40. The van der Waals surface area contributed by atoms with E-state index in [1.54, 1.807) is 20.8 Å².